The molecular formula is C23H22F5N3O4. The van der Waals surface area contributed by atoms with Crippen LogP contribution in [0.15, 0.2) is 30.5 Å². The number of aromatic nitrogens is 1. The van der Waals surface area contributed by atoms with Crippen LogP contribution in [0, 0.1) is 23.5 Å². The van der Waals surface area contributed by atoms with E-state index in [1.165, 1.54) is 12.3 Å². The summed E-state index contributed by atoms with van der Waals surface area (Å²) in [4.78, 5) is 28.4. The first-order valence-electron chi connectivity index (χ1n) is 10.7. The van der Waals surface area contributed by atoms with E-state index in [9.17, 15) is 31.5 Å². The van der Waals surface area contributed by atoms with E-state index in [1.54, 1.807) is 0 Å². The summed E-state index contributed by atoms with van der Waals surface area (Å²) >= 11 is 0. The fourth-order valence-electron chi connectivity index (χ4n) is 4.85. The number of nitrogens with one attached hydrogen (secondary N) is 1. The molecule has 2 fully saturated rings. The molecule has 2 aliphatic rings. The number of ether oxygens (including phenoxy) is 2. The number of benzene rings is 1. The number of primary amides is 1. The van der Waals surface area contributed by atoms with Gasteiger partial charge in [-0.25, -0.2) is 4.39 Å². The number of amides is 2. The average Bonchev–Trinajstić information content (AvgIpc) is 3.57. The Balaban J connectivity index is 1.81. The van der Waals surface area contributed by atoms with E-state index in [-0.39, 0.29) is 16.9 Å². The van der Waals surface area contributed by atoms with Crippen molar-refractivity contribution in [1.82, 2.24) is 4.98 Å². The Kier molecular flexibility index (Phi) is 6.20. The van der Waals surface area contributed by atoms with E-state index in [2.05, 4.69) is 10.3 Å². The maximum absolute atomic E-state index is 14.6. The molecule has 2 heterocycles. The molecule has 7 nitrogen and oxygen atoms in total. The van der Waals surface area contributed by atoms with Crippen LogP contribution in [0.25, 0.3) is 0 Å². The summed E-state index contributed by atoms with van der Waals surface area (Å²) in [6.07, 6.45) is -4.49. The Morgan fingerprint density at radius 1 is 1.23 bits per heavy atom. The number of halogens is 5. The first-order valence-corrected chi connectivity index (χ1v) is 10.7. The molecule has 1 aliphatic heterocycles. The Hall–Kier alpha value is -3.28. The molecular weight excluding hydrogens is 477 g/mol. The van der Waals surface area contributed by atoms with Gasteiger partial charge in [0, 0.05) is 29.3 Å². The summed E-state index contributed by atoms with van der Waals surface area (Å²) in [5, 5.41) is 2.42. The van der Waals surface area contributed by atoms with E-state index in [0.29, 0.717) is 12.8 Å². The smallest absolute Gasteiger partial charge is 0.417 e. The molecule has 2 aromatic rings. The Labute approximate surface area is 196 Å². The molecule has 1 aromatic heterocycles. The van der Waals surface area contributed by atoms with Crippen molar-refractivity contribution in [2.45, 2.75) is 43.6 Å². The maximum atomic E-state index is 14.6. The minimum absolute atomic E-state index is 0.0435. The van der Waals surface area contributed by atoms with Crippen molar-refractivity contribution in [3.8, 4) is 5.75 Å². The number of carbonyl (C=O) groups excluding carboxylic acids is 2. The molecule has 0 unspecified atom stereocenters. The Bertz CT molecular complexity index is 1170. The van der Waals surface area contributed by atoms with E-state index >= 15 is 0 Å². The molecule has 0 spiro atoms. The van der Waals surface area contributed by atoms with Crippen molar-refractivity contribution in [2.75, 3.05) is 12.4 Å². The van der Waals surface area contributed by atoms with Crippen LogP contribution < -0.4 is 15.8 Å². The van der Waals surface area contributed by atoms with E-state index in [0.717, 1.165) is 32.2 Å². The van der Waals surface area contributed by atoms with Crippen molar-refractivity contribution in [2.24, 2.45) is 17.6 Å². The summed E-state index contributed by atoms with van der Waals surface area (Å²) in [5.74, 6) is -8.09. The molecule has 4 rings (SSSR count). The molecule has 3 N–H and O–H groups in total. The van der Waals surface area contributed by atoms with Gasteiger partial charge in [-0.1, -0.05) is 6.07 Å². The Morgan fingerprint density at radius 3 is 2.49 bits per heavy atom. The van der Waals surface area contributed by atoms with Crippen molar-refractivity contribution >= 4 is 17.5 Å². The Morgan fingerprint density at radius 2 is 1.91 bits per heavy atom. The minimum Gasteiger partial charge on any atom is -0.493 e. The first-order chi connectivity index (χ1) is 16.4. The fraction of sp³-hybridized carbons (Fsp3) is 0.435. The lowest BCUT2D eigenvalue weighted by Gasteiger charge is -2.34. The van der Waals surface area contributed by atoms with E-state index in [4.69, 9.17) is 15.2 Å². The van der Waals surface area contributed by atoms with Crippen LogP contribution in [0.3, 0.4) is 0 Å². The van der Waals surface area contributed by atoms with Gasteiger partial charge in [0.1, 0.15) is 11.8 Å². The number of alkyl halides is 3. The van der Waals surface area contributed by atoms with Crippen LogP contribution in [-0.4, -0.2) is 41.8 Å². The predicted octanol–water partition coefficient (Wildman–Crippen LogP) is 3.94. The third kappa shape index (κ3) is 4.30. The number of hydrogen-bond donors (Lipinski definition) is 2. The molecule has 0 radical (unpaired) electrons. The lowest BCUT2D eigenvalue weighted by Crippen LogP contribution is -2.49. The highest BCUT2D eigenvalue weighted by molar-refractivity contribution is 5.97. The second-order valence-corrected chi connectivity index (χ2v) is 8.80. The van der Waals surface area contributed by atoms with Crippen molar-refractivity contribution in [1.29, 1.82) is 0 Å². The van der Waals surface area contributed by atoms with Crippen LogP contribution in [0.1, 0.15) is 41.7 Å². The molecule has 1 saturated heterocycles. The van der Waals surface area contributed by atoms with Gasteiger partial charge in [-0.05, 0) is 43.9 Å². The van der Waals surface area contributed by atoms with Gasteiger partial charge in [-0.15, -0.1) is 0 Å². The number of nitrogens with two attached hydrogens (primary N) is 1. The summed E-state index contributed by atoms with van der Waals surface area (Å²) < 4.78 is 81.9. The molecule has 1 aromatic carbocycles. The number of anilines is 1. The van der Waals surface area contributed by atoms with Gasteiger partial charge in [0.2, 0.25) is 5.82 Å². The normalized spacial score (nSPS) is 26.4. The number of pyridine rings is 1. The third-order valence-electron chi connectivity index (χ3n) is 6.60. The molecule has 1 saturated carbocycles. The quantitative estimate of drug-likeness (QED) is 0.587. The number of nitrogens with zero attached hydrogens (tertiary/aromatic N) is 1. The van der Waals surface area contributed by atoms with Crippen LogP contribution in [0.2, 0.25) is 0 Å². The molecule has 35 heavy (non-hydrogen) atoms. The minimum atomic E-state index is -4.87. The van der Waals surface area contributed by atoms with Crippen molar-refractivity contribution in [3.05, 3.63) is 53.4 Å². The second-order valence-electron chi connectivity index (χ2n) is 8.80. The molecule has 1 aliphatic carbocycles. The van der Waals surface area contributed by atoms with Crippen molar-refractivity contribution < 1.29 is 41.0 Å². The zero-order chi connectivity index (χ0) is 25.7. The summed E-state index contributed by atoms with van der Waals surface area (Å²) in [6.45, 7) is 0.861. The SMILES string of the molecule is COc1c([C@@H]2[C@@H](C(=O)Nc3ccnc(C(N)=O)c3)O[C@@](C)(C(F)(F)F)[C@H]2C2CC2)ccc(F)c1F. The molecule has 2 amide bonds. The second kappa shape index (κ2) is 8.74. The van der Waals surface area contributed by atoms with Gasteiger partial charge in [-0.2, -0.15) is 17.6 Å². The van der Waals surface area contributed by atoms with Crippen LogP contribution >= 0.6 is 0 Å². The zero-order valence-corrected chi connectivity index (χ0v) is 18.7. The molecule has 0 bridgehead atoms. The van der Waals surface area contributed by atoms with Gasteiger partial charge >= 0.3 is 6.18 Å². The predicted molar refractivity (Wildman–Crippen MR) is 113 cm³/mol. The zero-order valence-electron chi connectivity index (χ0n) is 18.7. The van der Waals surface area contributed by atoms with Crippen LogP contribution in [-0.2, 0) is 9.53 Å². The lowest BCUT2D eigenvalue weighted by atomic mass is 9.73. The van der Waals surface area contributed by atoms with Gasteiger partial charge < -0.3 is 20.5 Å². The van der Waals surface area contributed by atoms with Crippen LogP contribution in [0.4, 0.5) is 27.6 Å². The largest absolute Gasteiger partial charge is 0.493 e. The molecule has 4 atom stereocenters. The fourth-order valence-corrected chi connectivity index (χ4v) is 4.85. The van der Waals surface area contributed by atoms with Crippen molar-refractivity contribution in [3.63, 3.8) is 0 Å². The average molecular weight is 499 g/mol. The van der Waals surface area contributed by atoms with Crippen LogP contribution in [0.5, 0.6) is 5.75 Å². The maximum Gasteiger partial charge on any atom is 0.417 e. The van der Waals surface area contributed by atoms with Gasteiger partial charge in [0.25, 0.3) is 11.8 Å². The third-order valence-corrected chi connectivity index (χ3v) is 6.60. The number of methoxy groups -OCH3 is 1. The standard InChI is InChI=1S/C23H22F5N3O4/c1-22(23(26,27)28)16(10-3-4-10)15(12-5-6-13(24)17(25)18(12)34-2)19(35-22)21(33)31-11-7-8-30-14(9-11)20(29)32/h5-10,15-16,19H,3-4H2,1-2H3,(H2,29,32)(H,30,31,33)/t15-,16-,19-,22+/m0/s1. The van der Waals surface area contributed by atoms with Gasteiger partial charge in [0.05, 0.1) is 7.11 Å². The highest BCUT2D eigenvalue weighted by Crippen LogP contribution is 2.62. The summed E-state index contributed by atoms with van der Waals surface area (Å²) in [7, 11) is 1.06. The topological polar surface area (TPSA) is 104 Å². The monoisotopic (exact) mass is 499 g/mol. The number of hydrogen-bond acceptors (Lipinski definition) is 5. The van der Waals surface area contributed by atoms with E-state index < -0.39 is 64.8 Å². The first kappa shape index (κ1) is 24.8. The number of carbonyl (C=O) groups is 2. The summed E-state index contributed by atoms with van der Waals surface area (Å²) in [6, 6.07) is 4.36. The molecule has 12 heteroatoms. The summed E-state index contributed by atoms with van der Waals surface area (Å²) in [5.41, 5.74) is 2.21. The lowest BCUT2D eigenvalue weighted by molar-refractivity contribution is -0.275. The number of rotatable bonds is 6. The highest BCUT2D eigenvalue weighted by atomic mass is 19.4. The highest BCUT2D eigenvalue weighted by Gasteiger charge is 2.70. The van der Waals surface area contributed by atoms with Gasteiger partial charge in [-0.3, -0.25) is 14.6 Å². The van der Waals surface area contributed by atoms with Gasteiger partial charge in [0.15, 0.2) is 17.2 Å². The molecule has 188 valence electrons. The van der Waals surface area contributed by atoms with E-state index in [1.807, 2.05) is 0 Å².